The molecule has 0 radical (unpaired) electrons. The molecule has 0 saturated carbocycles. The fraction of sp³-hybridized carbons (Fsp3) is 0. The van der Waals surface area contributed by atoms with Crippen LogP contribution in [0.2, 0.25) is 0 Å². The van der Waals surface area contributed by atoms with E-state index >= 15 is 0 Å². The maximum Gasteiger partial charge on any atom is 0.137 e. The van der Waals surface area contributed by atoms with Crippen molar-refractivity contribution in [2.75, 3.05) is 4.90 Å². The number of anilines is 3. The van der Waals surface area contributed by atoms with Crippen molar-refractivity contribution in [1.82, 2.24) is 0 Å². The number of fused-ring (bicyclic) bond motifs is 9. The maximum absolute atomic E-state index is 6.39. The van der Waals surface area contributed by atoms with Crippen molar-refractivity contribution < 1.29 is 8.83 Å². The fourth-order valence-electron chi connectivity index (χ4n) is 8.28. The molecule has 248 valence electrons. The van der Waals surface area contributed by atoms with Crippen LogP contribution in [0.3, 0.4) is 0 Å². The normalized spacial score (nSPS) is 11.8. The third-order valence-electron chi connectivity index (χ3n) is 10.7. The van der Waals surface area contributed by atoms with E-state index in [-0.39, 0.29) is 0 Å². The number of hydrogen-bond donors (Lipinski definition) is 0. The number of para-hydroxylation sites is 2. The van der Waals surface area contributed by atoms with Crippen LogP contribution in [0, 0.1) is 0 Å². The summed E-state index contributed by atoms with van der Waals surface area (Å²) in [5.74, 6) is 0. The van der Waals surface area contributed by atoms with Gasteiger partial charge in [-0.1, -0.05) is 127 Å². The van der Waals surface area contributed by atoms with Gasteiger partial charge in [0.05, 0.1) is 0 Å². The van der Waals surface area contributed by atoms with Crippen LogP contribution in [-0.4, -0.2) is 0 Å². The van der Waals surface area contributed by atoms with E-state index in [4.69, 9.17) is 8.83 Å². The van der Waals surface area contributed by atoms with E-state index in [1.165, 1.54) is 38.2 Å². The summed E-state index contributed by atoms with van der Waals surface area (Å²) in [7, 11) is 0. The van der Waals surface area contributed by atoms with Crippen molar-refractivity contribution >= 4 is 82.5 Å². The molecular weight excluding hydrogens is 647 g/mol. The Hall–Kier alpha value is -7.10. The quantitative estimate of drug-likeness (QED) is 0.170. The lowest BCUT2D eigenvalue weighted by molar-refractivity contribution is 0.669. The summed E-state index contributed by atoms with van der Waals surface area (Å²) >= 11 is 0. The van der Waals surface area contributed by atoms with Crippen molar-refractivity contribution in [2.24, 2.45) is 0 Å². The zero-order valence-corrected chi connectivity index (χ0v) is 28.7. The lowest BCUT2D eigenvalue weighted by Gasteiger charge is -2.26. The van der Waals surface area contributed by atoms with Crippen LogP contribution in [0.25, 0.3) is 87.7 Å². The predicted molar refractivity (Wildman–Crippen MR) is 222 cm³/mol. The van der Waals surface area contributed by atoms with Crippen molar-refractivity contribution in [1.29, 1.82) is 0 Å². The molecule has 0 atom stereocenters. The van der Waals surface area contributed by atoms with Crippen LogP contribution < -0.4 is 4.90 Å². The zero-order valence-electron chi connectivity index (χ0n) is 28.7. The first-order valence-electron chi connectivity index (χ1n) is 18.0. The lowest BCUT2D eigenvalue weighted by Crippen LogP contribution is -2.09. The molecule has 0 aliphatic heterocycles. The fourth-order valence-corrected chi connectivity index (χ4v) is 8.28. The molecule has 3 nitrogen and oxygen atoms in total. The highest BCUT2D eigenvalue weighted by molar-refractivity contribution is 6.21. The van der Waals surface area contributed by atoms with E-state index in [1.54, 1.807) is 0 Å². The molecular formula is C50H31NO2. The van der Waals surface area contributed by atoms with E-state index in [0.29, 0.717) is 0 Å². The first-order valence-corrected chi connectivity index (χ1v) is 18.0. The van der Waals surface area contributed by atoms with Gasteiger partial charge in [0, 0.05) is 50.7 Å². The molecule has 2 aromatic heterocycles. The molecule has 11 rings (SSSR count). The van der Waals surface area contributed by atoms with E-state index in [1.807, 2.05) is 24.3 Å². The second kappa shape index (κ2) is 11.7. The average Bonchev–Trinajstić information content (AvgIpc) is 3.79. The molecule has 0 unspecified atom stereocenters. The summed E-state index contributed by atoms with van der Waals surface area (Å²) in [5.41, 5.74) is 11.4. The minimum atomic E-state index is 0.852. The van der Waals surface area contributed by atoms with Crippen LogP contribution in [0.4, 0.5) is 17.1 Å². The highest BCUT2D eigenvalue weighted by Gasteiger charge is 2.20. The van der Waals surface area contributed by atoms with Crippen LogP contribution in [0.15, 0.2) is 197 Å². The Morgan fingerprint density at radius 3 is 1.15 bits per heavy atom. The Labute approximate surface area is 305 Å². The zero-order chi connectivity index (χ0) is 34.9. The Morgan fingerprint density at radius 1 is 0.264 bits per heavy atom. The summed E-state index contributed by atoms with van der Waals surface area (Å²) in [4.78, 5) is 2.29. The Kier molecular flexibility index (Phi) is 6.55. The maximum atomic E-state index is 6.39. The molecule has 0 aliphatic rings. The van der Waals surface area contributed by atoms with Crippen molar-refractivity contribution in [3.05, 3.63) is 188 Å². The SMILES string of the molecule is c1ccc(-c2c(-c3ccc(N(c4ccc5c(c4)oc4ccccc45)c4ccc5c(c4)oc4ccccc45)cc3)c3ccccc3c3ccccc23)cc1. The molecule has 0 amide bonds. The first-order chi connectivity index (χ1) is 26.3. The van der Waals surface area contributed by atoms with Crippen molar-refractivity contribution in [2.45, 2.75) is 0 Å². The van der Waals surface area contributed by atoms with Crippen LogP contribution >= 0.6 is 0 Å². The van der Waals surface area contributed by atoms with E-state index in [9.17, 15) is 0 Å². The van der Waals surface area contributed by atoms with Gasteiger partial charge in [-0.05, 0) is 92.3 Å². The molecule has 0 saturated heterocycles. The highest BCUT2D eigenvalue weighted by Crippen LogP contribution is 2.46. The molecule has 9 aromatic carbocycles. The van der Waals surface area contributed by atoms with E-state index in [2.05, 4.69) is 169 Å². The average molecular weight is 678 g/mol. The molecule has 53 heavy (non-hydrogen) atoms. The minimum Gasteiger partial charge on any atom is -0.456 e. The third-order valence-corrected chi connectivity index (χ3v) is 10.7. The van der Waals surface area contributed by atoms with Gasteiger partial charge >= 0.3 is 0 Å². The lowest BCUT2D eigenvalue weighted by atomic mass is 9.85. The van der Waals surface area contributed by atoms with Gasteiger partial charge in [0.1, 0.15) is 22.3 Å². The van der Waals surface area contributed by atoms with Gasteiger partial charge in [0.2, 0.25) is 0 Å². The molecule has 3 heteroatoms. The number of rotatable bonds is 5. The molecule has 2 heterocycles. The van der Waals surface area contributed by atoms with Crippen LogP contribution in [0.1, 0.15) is 0 Å². The Balaban J connectivity index is 1.12. The van der Waals surface area contributed by atoms with Crippen LogP contribution in [0.5, 0.6) is 0 Å². The number of hydrogen-bond acceptors (Lipinski definition) is 3. The van der Waals surface area contributed by atoms with Crippen molar-refractivity contribution in [3.8, 4) is 22.3 Å². The Morgan fingerprint density at radius 2 is 0.642 bits per heavy atom. The van der Waals surface area contributed by atoms with Gasteiger partial charge < -0.3 is 13.7 Å². The second-order valence-electron chi connectivity index (χ2n) is 13.6. The van der Waals surface area contributed by atoms with Gasteiger partial charge in [0.15, 0.2) is 0 Å². The molecule has 0 bridgehead atoms. The minimum absolute atomic E-state index is 0.852. The largest absolute Gasteiger partial charge is 0.456 e. The smallest absolute Gasteiger partial charge is 0.137 e. The summed E-state index contributed by atoms with van der Waals surface area (Å²) in [6.45, 7) is 0. The van der Waals surface area contributed by atoms with Gasteiger partial charge in [-0.2, -0.15) is 0 Å². The molecule has 0 fully saturated rings. The van der Waals surface area contributed by atoms with Gasteiger partial charge in [-0.25, -0.2) is 0 Å². The molecule has 0 N–H and O–H groups in total. The topological polar surface area (TPSA) is 29.5 Å². The number of nitrogens with zero attached hydrogens (tertiary/aromatic N) is 1. The second-order valence-corrected chi connectivity index (χ2v) is 13.6. The van der Waals surface area contributed by atoms with Gasteiger partial charge in [-0.3, -0.25) is 0 Å². The van der Waals surface area contributed by atoms with E-state index in [0.717, 1.165) is 66.5 Å². The molecule has 0 spiro atoms. The first kappa shape index (κ1) is 29.6. The van der Waals surface area contributed by atoms with Crippen molar-refractivity contribution in [3.63, 3.8) is 0 Å². The van der Waals surface area contributed by atoms with Crippen LogP contribution in [-0.2, 0) is 0 Å². The standard InChI is InChI=1S/C50H31NO2/c1-2-12-32(13-3-1)49-43-18-6-4-14-37(43)38-15-5-7-19-44(38)50(49)33-22-24-34(25-23-33)51(35-26-28-41-39-16-8-10-20-45(39)52-47(41)30-35)36-27-29-42-40-17-9-11-21-46(40)53-48(42)31-36/h1-31H. The predicted octanol–water partition coefficient (Wildman–Crippen LogP) is 14.6. The Bertz CT molecular complexity index is 3060. The highest BCUT2D eigenvalue weighted by atomic mass is 16.3. The number of benzene rings is 9. The summed E-state index contributed by atoms with van der Waals surface area (Å²) in [5, 5.41) is 9.43. The summed E-state index contributed by atoms with van der Waals surface area (Å²) in [6, 6.07) is 66.8. The molecule has 11 aromatic rings. The third kappa shape index (κ3) is 4.68. The van der Waals surface area contributed by atoms with Gasteiger partial charge in [0.25, 0.3) is 0 Å². The monoisotopic (exact) mass is 677 g/mol. The summed E-state index contributed by atoms with van der Waals surface area (Å²) < 4.78 is 12.8. The van der Waals surface area contributed by atoms with Gasteiger partial charge in [-0.15, -0.1) is 0 Å². The number of furan rings is 2. The summed E-state index contributed by atoms with van der Waals surface area (Å²) in [6.07, 6.45) is 0. The van der Waals surface area contributed by atoms with E-state index < -0.39 is 0 Å². The molecule has 0 aliphatic carbocycles.